The molecule has 0 N–H and O–H groups in total. The highest BCUT2D eigenvalue weighted by molar-refractivity contribution is 5.41. The summed E-state index contributed by atoms with van der Waals surface area (Å²) < 4.78 is 0. The first-order valence-corrected chi connectivity index (χ1v) is 9.79. The van der Waals surface area contributed by atoms with E-state index >= 15 is 0 Å². The molecular formula is C24H29N. The molecule has 1 saturated carbocycles. The lowest BCUT2D eigenvalue weighted by Gasteiger charge is -2.28. The minimum Gasteiger partial charge on any atom is -0.248 e. The van der Waals surface area contributed by atoms with Crippen molar-refractivity contribution in [3.05, 3.63) is 65.0 Å². The molecule has 0 bridgehead atoms. The summed E-state index contributed by atoms with van der Waals surface area (Å²) in [7, 11) is 0. The molecule has 1 aliphatic carbocycles. The number of unbranched alkanes of at least 4 members (excludes halogenated alkanes) is 1. The first kappa shape index (κ1) is 17.7. The fraction of sp³-hybridized carbons (Fsp3) is 0.458. The van der Waals surface area contributed by atoms with Crippen LogP contribution < -0.4 is 0 Å². The van der Waals surface area contributed by atoms with E-state index in [0.29, 0.717) is 0 Å². The van der Waals surface area contributed by atoms with Crippen LogP contribution in [0.3, 0.4) is 0 Å². The van der Waals surface area contributed by atoms with Crippen molar-refractivity contribution in [1.29, 1.82) is 0 Å². The second kappa shape index (κ2) is 8.86. The molecule has 0 saturated heterocycles. The Balaban J connectivity index is 1.57. The van der Waals surface area contributed by atoms with Crippen LogP contribution >= 0.6 is 0 Å². The molecule has 0 unspecified atom stereocenters. The average Bonchev–Trinajstić information content (AvgIpc) is 2.67. The Hall–Kier alpha value is -2.07. The van der Waals surface area contributed by atoms with E-state index in [2.05, 4.69) is 54.1 Å². The molecule has 0 radical (unpaired) electrons. The van der Waals surface area contributed by atoms with E-state index < -0.39 is 0 Å². The van der Waals surface area contributed by atoms with Crippen LogP contribution in [0, 0.1) is 24.7 Å². The molecule has 1 aromatic carbocycles. The van der Waals surface area contributed by atoms with Gasteiger partial charge in [0.2, 0.25) is 0 Å². The van der Waals surface area contributed by atoms with E-state index in [1.54, 1.807) is 0 Å². The van der Waals surface area contributed by atoms with Gasteiger partial charge >= 0.3 is 0 Å². The van der Waals surface area contributed by atoms with E-state index in [1.165, 1.54) is 56.1 Å². The van der Waals surface area contributed by atoms with Crippen molar-refractivity contribution in [1.82, 2.24) is 4.98 Å². The molecule has 3 rings (SSSR count). The van der Waals surface area contributed by atoms with Gasteiger partial charge in [-0.25, -0.2) is 4.98 Å². The quantitative estimate of drug-likeness (QED) is 0.603. The Morgan fingerprint density at radius 1 is 0.960 bits per heavy atom. The second-order valence-corrected chi connectivity index (χ2v) is 7.45. The summed E-state index contributed by atoms with van der Waals surface area (Å²) in [5, 5.41) is 0. The molecule has 2 aromatic rings. The predicted molar refractivity (Wildman–Crippen MR) is 106 cm³/mol. The van der Waals surface area contributed by atoms with Gasteiger partial charge in [-0.05, 0) is 79.7 Å². The highest BCUT2D eigenvalue weighted by Crippen LogP contribution is 2.37. The normalized spacial score (nSPS) is 19.9. The number of nitrogens with zero attached hydrogens (tertiary/aromatic N) is 1. The van der Waals surface area contributed by atoms with E-state index in [0.717, 1.165) is 23.1 Å². The molecule has 130 valence electrons. The minimum atomic E-state index is 0.749. The Labute approximate surface area is 152 Å². The molecule has 1 aliphatic rings. The van der Waals surface area contributed by atoms with E-state index in [-0.39, 0.29) is 0 Å². The Morgan fingerprint density at radius 3 is 2.36 bits per heavy atom. The number of hydrogen-bond donors (Lipinski definition) is 0. The van der Waals surface area contributed by atoms with Crippen molar-refractivity contribution in [3.8, 4) is 11.8 Å². The highest BCUT2D eigenvalue weighted by atomic mass is 14.7. The van der Waals surface area contributed by atoms with Crippen LogP contribution in [0.5, 0.6) is 0 Å². The molecule has 1 fully saturated rings. The van der Waals surface area contributed by atoms with Crippen LogP contribution in [0.1, 0.15) is 80.2 Å². The molecule has 0 aliphatic heterocycles. The topological polar surface area (TPSA) is 12.9 Å². The molecule has 1 heterocycles. The number of hydrogen-bond acceptors (Lipinski definition) is 1. The second-order valence-electron chi connectivity index (χ2n) is 7.45. The summed E-state index contributed by atoms with van der Waals surface area (Å²) >= 11 is 0. The van der Waals surface area contributed by atoms with Gasteiger partial charge in [0.25, 0.3) is 0 Å². The molecule has 1 heteroatoms. The van der Waals surface area contributed by atoms with E-state index in [4.69, 9.17) is 0 Å². The molecule has 0 amide bonds. The Kier molecular flexibility index (Phi) is 6.29. The lowest BCUT2D eigenvalue weighted by atomic mass is 9.77. The van der Waals surface area contributed by atoms with Crippen molar-refractivity contribution in [2.24, 2.45) is 5.92 Å². The van der Waals surface area contributed by atoms with Crippen LogP contribution in [0.2, 0.25) is 0 Å². The summed E-state index contributed by atoms with van der Waals surface area (Å²) in [6.07, 6.45) is 11.6. The monoisotopic (exact) mass is 331 g/mol. The molecule has 25 heavy (non-hydrogen) atoms. The number of aromatic nitrogens is 1. The van der Waals surface area contributed by atoms with Crippen molar-refractivity contribution in [3.63, 3.8) is 0 Å². The van der Waals surface area contributed by atoms with Crippen LogP contribution in [0.15, 0.2) is 42.6 Å². The summed E-state index contributed by atoms with van der Waals surface area (Å²) in [6, 6.07) is 12.9. The zero-order valence-electron chi connectivity index (χ0n) is 15.6. The third-order valence-electron chi connectivity index (χ3n) is 5.44. The van der Waals surface area contributed by atoms with Gasteiger partial charge in [0.1, 0.15) is 5.69 Å². The SMILES string of the molecule is CCCCC1CCC(c2ccc(C#Cc3ccc(C)cn3)cc2)CC1. The van der Waals surface area contributed by atoms with Crippen LogP contribution in [0.4, 0.5) is 0 Å². The maximum absolute atomic E-state index is 4.34. The number of pyridine rings is 1. The van der Waals surface area contributed by atoms with Gasteiger partial charge in [-0.3, -0.25) is 0 Å². The zero-order valence-corrected chi connectivity index (χ0v) is 15.6. The maximum atomic E-state index is 4.34. The average molecular weight is 332 g/mol. The van der Waals surface area contributed by atoms with Gasteiger partial charge in [-0.1, -0.05) is 50.3 Å². The van der Waals surface area contributed by atoms with Crippen LogP contribution in [-0.2, 0) is 0 Å². The molecule has 0 atom stereocenters. The van der Waals surface area contributed by atoms with Gasteiger partial charge in [-0.15, -0.1) is 0 Å². The summed E-state index contributed by atoms with van der Waals surface area (Å²) in [5.74, 6) is 8.10. The molecule has 0 spiro atoms. The Morgan fingerprint density at radius 2 is 1.72 bits per heavy atom. The van der Waals surface area contributed by atoms with Gasteiger partial charge in [-0.2, -0.15) is 0 Å². The van der Waals surface area contributed by atoms with Crippen molar-refractivity contribution in [2.45, 2.75) is 64.7 Å². The van der Waals surface area contributed by atoms with Crippen LogP contribution in [-0.4, -0.2) is 4.98 Å². The third-order valence-corrected chi connectivity index (χ3v) is 5.44. The molecular weight excluding hydrogens is 302 g/mol. The van der Waals surface area contributed by atoms with Crippen molar-refractivity contribution in [2.75, 3.05) is 0 Å². The lowest BCUT2D eigenvalue weighted by molar-refractivity contribution is 0.304. The molecule has 1 aromatic heterocycles. The standard InChI is InChI=1S/C24H29N/c1-3-4-5-20-7-12-22(13-8-20)23-14-9-21(10-15-23)11-17-24-16-6-19(2)18-25-24/h6,9-10,14-16,18,20,22H,3-5,7-8,12-13H2,1-2H3. The third kappa shape index (κ3) is 5.20. The molecule has 1 nitrogen and oxygen atoms in total. The van der Waals surface area contributed by atoms with E-state index in [9.17, 15) is 0 Å². The first-order valence-electron chi connectivity index (χ1n) is 9.79. The van der Waals surface area contributed by atoms with Crippen molar-refractivity contribution >= 4 is 0 Å². The maximum Gasteiger partial charge on any atom is 0.113 e. The predicted octanol–water partition coefficient (Wildman–Crippen LogP) is 6.25. The fourth-order valence-electron chi connectivity index (χ4n) is 3.79. The Bertz CT molecular complexity index is 707. The number of aryl methyl sites for hydroxylation is 1. The number of benzene rings is 1. The fourth-order valence-corrected chi connectivity index (χ4v) is 3.79. The van der Waals surface area contributed by atoms with Crippen molar-refractivity contribution < 1.29 is 0 Å². The largest absolute Gasteiger partial charge is 0.248 e. The summed E-state index contributed by atoms with van der Waals surface area (Å²) in [5.41, 5.74) is 4.56. The van der Waals surface area contributed by atoms with Gasteiger partial charge in [0, 0.05) is 11.8 Å². The smallest absolute Gasteiger partial charge is 0.113 e. The van der Waals surface area contributed by atoms with E-state index in [1.807, 2.05) is 19.2 Å². The summed E-state index contributed by atoms with van der Waals surface area (Å²) in [6.45, 7) is 4.34. The minimum absolute atomic E-state index is 0.749. The number of rotatable bonds is 4. The van der Waals surface area contributed by atoms with Gasteiger partial charge in [0.05, 0.1) is 0 Å². The summed E-state index contributed by atoms with van der Waals surface area (Å²) in [4.78, 5) is 4.34. The van der Waals surface area contributed by atoms with Gasteiger partial charge in [0.15, 0.2) is 0 Å². The lowest BCUT2D eigenvalue weighted by Crippen LogP contribution is -2.13. The zero-order chi connectivity index (χ0) is 17.5. The van der Waals surface area contributed by atoms with Gasteiger partial charge < -0.3 is 0 Å². The van der Waals surface area contributed by atoms with Crippen LogP contribution in [0.25, 0.3) is 0 Å². The first-order chi connectivity index (χ1) is 12.2. The highest BCUT2D eigenvalue weighted by Gasteiger charge is 2.21.